The van der Waals surface area contributed by atoms with Gasteiger partial charge < -0.3 is 19.9 Å². The first-order valence-corrected chi connectivity index (χ1v) is 7.17. The van der Waals surface area contributed by atoms with Crippen LogP contribution in [0.25, 0.3) is 5.76 Å². The van der Waals surface area contributed by atoms with E-state index in [1.165, 1.54) is 14.2 Å². The molecule has 2 aromatic carbocycles. The van der Waals surface area contributed by atoms with E-state index in [9.17, 15) is 14.7 Å². The van der Waals surface area contributed by atoms with Crippen molar-refractivity contribution in [2.45, 2.75) is 0 Å². The molecule has 122 valence electrons. The van der Waals surface area contributed by atoms with Crippen LogP contribution in [0.15, 0.2) is 48.0 Å². The largest absolute Gasteiger partial charge is 0.506 e. The number of aliphatic hydroxyl groups excluding tert-OH is 1. The molecule has 0 unspecified atom stereocenters. The van der Waals surface area contributed by atoms with Crippen molar-refractivity contribution < 1.29 is 24.2 Å². The number of benzene rings is 2. The number of amides is 1. The summed E-state index contributed by atoms with van der Waals surface area (Å²) in [6, 6.07) is 11.4. The van der Waals surface area contributed by atoms with Crippen LogP contribution in [0.3, 0.4) is 0 Å². The van der Waals surface area contributed by atoms with Crippen LogP contribution >= 0.6 is 0 Å². The summed E-state index contributed by atoms with van der Waals surface area (Å²) >= 11 is 0. The molecule has 3 rings (SSSR count). The zero-order valence-corrected chi connectivity index (χ0v) is 13.1. The molecular weight excluding hydrogens is 310 g/mol. The predicted octanol–water partition coefficient (Wildman–Crippen LogP) is 2.81. The molecule has 24 heavy (non-hydrogen) atoms. The van der Waals surface area contributed by atoms with Crippen molar-refractivity contribution in [1.82, 2.24) is 0 Å². The summed E-state index contributed by atoms with van der Waals surface area (Å²) in [7, 11) is 2.97. The molecule has 0 saturated carbocycles. The van der Waals surface area contributed by atoms with Gasteiger partial charge in [-0.3, -0.25) is 9.59 Å². The predicted molar refractivity (Wildman–Crippen MR) is 88.5 cm³/mol. The van der Waals surface area contributed by atoms with Crippen LogP contribution in [0, 0.1) is 0 Å². The van der Waals surface area contributed by atoms with Crippen molar-refractivity contribution in [2.24, 2.45) is 0 Å². The fourth-order valence-electron chi connectivity index (χ4n) is 2.56. The molecule has 2 aromatic rings. The number of anilines is 1. The maximum Gasteiger partial charge on any atom is 0.263 e. The topological polar surface area (TPSA) is 84.9 Å². The van der Waals surface area contributed by atoms with Crippen LogP contribution in [0.4, 0.5) is 5.69 Å². The summed E-state index contributed by atoms with van der Waals surface area (Å²) in [5, 5.41) is 12.8. The van der Waals surface area contributed by atoms with E-state index < -0.39 is 11.7 Å². The van der Waals surface area contributed by atoms with Crippen molar-refractivity contribution in [3.63, 3.8) is 0 Å². The Morgan fingerprint density at radius 2 is 1.75 bits per heavy atom. The van der Waals surface area contributed by atoms with Crippen molar-refractivity contribution in [3.8, 4) is 11.5 Å². The van der Waals surface area contributed by atoms with Gasteiger partial charge in [0, 0.05) is 17.2 Å². The molecule has 0 aromatic heterocycles. The fourth-order valence-corrected chi connectivity index (χ4v) is 2.56. The van der Waals surface area contributed by atoms with E-state index >= 15 is 0 Å². The highest BCUT2D eigenvalue weighted by Crippen LogP contribution is 2.33. The Balaban J connectivity index is 1.92. The van der Waals surface area contributed by atoms with Gasteiger partial charge in [-0.15, -0.1) is 0 Å². The first kappa shape index (κ1) is 15.6. The second-order valence-electron chi connectivity index (χ2n) is 5.12. The average molecular weight is 325 g/mol. The number of methoxy groups -OCH3 is 2. The quantitative estimate of drug-likeness (QED) is 0.844. The van der Waals surface area contributed by atoms with Gasteiger partial charge in [-0.25, -0.2) is 0 Å². The Morgan fingerprint density at radius 1 is 1.04 bits per heavy atom. The number of ketones is 1. The number of Topliss-reactive ketones (excluding diaryl/α,β-unsaturated/α-hetero) is 1. The third-order valence-electron chi connectivity index (χ3n) is 3.77. The molecule has 1 aliphatic carbocycles. The number of fused-ring (bicyclic) bond motifs is 1. The molecule has 2 N–H and O–H groups in total. The zero-order valence-electron chi connectivity index (χ0n) is 13.1. The Morgan fingerprint density at radius 3 is 2.38 bits per heavy atom. The molecule has 0 atom stereocenters. The van der Waals surface area contributed by atoms with Crippen LogP contribution in [-0.4, -0.2) is 31.0 Å². The Kier molecular flexibility index (Phi) is 3.95. The summed E-state index contributed by atoms with van der Waals surface area (Å²) in [6.07, 6.45) is 0. The lowest BCUT2D eigenvalue weighted by molar-refractivity contribution is -0.112. The number of rotatable bonds is 4. The van der Waals surface area contributed by atoms with Gasteiger partial charge in [-0.05, 0) is 12.1 Å². The Labute approximate surface area is 138 Å². The summed E-state index contributed by atoms with van der Waals surface area (Å²) in [5.41, 5.74) is 0.748. The minimum atomic E-state index is -0.697. The molecule has 0 aliphatic heterocycles. The van der Waals surface area contributed by atoms with Gasteiger partial charge in [0.1, 0.15) is 22.8 Å². The van der Waals surface area contributed by atoms with Crippen molar-refractivity contribution in [1.29, 1.82) is 0 Å². The SMILES string of the molecule is COc1ccc(NC(=O)C2=C(O)c3ccccc3C2=O)c(OC)c1. The van der Waals surface area contributed by atoms with Gasteiger partial charge in [0.05, 0.1) is 19.9 Å². The van der Waals surface area contributed by atoms with E-state index in [4.69, 9.17) is 9.47 Å². The normalized spacial score (nSPS) is 12.8. The molecule has 0 saturated heterocycles. The second kappa shape index (κ2) is 6.08. The molecular formula is C18H15NO5. The monoisotopic (exact) mass is 325 g/mol. The van der Waals surface area contributed by atoms with Crippen LogP contribution < -0.4 is 14.8 Å². The maximum atomic E-state index is 12.5. The molecule has 0 spiro atoms. The van der Waals surface area contributed by atoms with E-state index in [-0.39, 0.29) is 11.3 Å². The van der Waals surface area contributed by atoms with E-state index in [0.29, 0.717) is 28.3 Å². The number of ether oxygens (including phenoxy) is 2. The molecule has 1 aliphatic rings. The van der Waals surface area contributed by atoms with Gasteiger partial charge in [-0.2, -0.15) is 0 Å². The third kappa shape index (κ3) is 2.48. The van der Waals surface area contributed by atoms with Crippen LogP contribution in [-0.2, 0) is 4.79 Å². The number of aliphatic hydroxyl groups is 1. The highest BCUT2D eigenvalue weighted by atomic mass is 16.5. The number of nitrogens with one attached hydrogen (secondary N) is 1. The lowest BCUT2D eigenvalue weighted by Crippen LogP contribution is -2.19. The molecule has 6 heteroatoms. The summed E-state index contributed by atoms with van der Waals surface area (Å²) in [6.45, 7) is 0. The highest BCUT2D eigenvalue weighted by molar-refractivity contribution is 6.36. The Hall–Kier alpha value is -3.28. The summed E-state index contributed by atoms with van der Waals surface area (Å²) < 4.78 is 10.3. The smallest absolute Gasteiger partial charge is 0.263 e. The summed E-state index contributed by atoms with van der Waals surface area (Å²) in [4.78, 5) is 24.9. The van der Waals surface area contributed by atoms with Gasteiger partial charge in [-0.1, -0.05) is 24.3 Å². The molecule has 0 heterocycles. The molecule has 0 radical (unpaired) electrons. The van der Waals surface area contributed by atoms with Crippen LogP contribution in [0.2, 0.25) is 0 Å². The fraction of sp³-hybridized carbons (Fsp3) is 0.111. The van der Waals surface area contributed by atoms with Gasteiger partial charge in [0.2, 0.25) is 5.78 Å². The van der Waals surface area contributed by atoms with E-state index in [1.807, 2.05) is 0 Å². The van der Waals surface area contributed by atoms with E-state index in [2.05, 4.69) is 5.32 Å². The molecule has 1 amide bonds. The van der Waals surface area contributed by atoms with Crippen LogP contribution in [0.1, 0.15) is 15.9 Å². The van der Waals surface area contributed by atoms with Crippen molar-refractivity contribution >= 4 is 23.1 Å². The zero-order chi connectivity index (χ0) is 17.3. The first-order valence-electron chi connectivity index (χ1n) is 7.17. The Bertz CT molecular complexity index is 869. The minimum absolute atomic E-state index is 0.283. The number of hydrogen-bond donors (Lipinski definition) is 2. The van der Waals surface area contributed by atoms with Gasteiger partial charge in [0.25, 0.3) is 5.91 Å². The molecule has 0 fully saturated rings. The maximum absolute atomic E-state index is 12.5. The van der Waals surface area contributed by atoms with Gasteiger partial charge in [0.15, 0.2) is 0 Å². The van der Waals surface area contributed by atoms with E-state index in [1.54, 1.807) is 42.5 Å². The van der Waals surface area contributed by atoms with Crippen molar-refractivity contribution in [2.75, 3.05) is 19.5 Å². The third-order valence-corrected chi connectivity index (χ3v) is 3.77. The molecule has 6 nitrogen and oxygen atoms in total. The first-order chi connectivity index (χ1) is 11.6. The van der Waals surface area contributed by atoms with Gasteiger partial charge >= 0.3 is 0 Å². The number of carbonyl (C=O) groups excluding carboxylic acids is 2. The minimum Gasteiger partial charge on any atom is -0.506 e. The second-order valence-corrected chi connectivity index (χ2v) is 5.12. The van der Waals surface area contributed by atoms with Crippen molar-refractivity contribution in [3.05, 3.63) is 59.2 Å². The van der Waals surface area contributed by atoms with Crippen LogP contribution in [0.5, 0.6) is 11.5 Å². The summed E-state index contributed by atoms with van der Waals surface area (Å²) in [5.74, 6) is -0.576. The molecule has 0 bridgehead atoms. The average Bonchev–Trinajstić information content (AvgIpc) is 2.86. The number of hydrogen-bond acceptors (Lipinski definition) is 5. The highest BCUT2D eigenvalue weighted by Gasteiger charge is 2.34. The lowest BCUT2D eigenvalue weighted by atomic mass is 10.1. The number of carbonyl (C=O) groups is 2. The standard InChI is InChI=1S/C18H15NO5/c1-23-10-7-8-13(14(9-10)24-2)19-18(22)15-16(20)11-5-3-4-6-12(11)17(15)21/h3-9,20H,1-2H3,(H,19,22). The lowest BCUT2D eigenvalue weighted by Gasteiger charge is -2.11. The van der Waals surface area contributed by atoms with E-state index in [0.717, 1.165) is 0 Å².